The molecule has 0 atom stereocenters. The predicted molar refractivity (Wildman–Crippen MR) is 96.8 cm³/mol. The first-order chi connectivity index (χ1) is 11.8. The molecule has 1 heterocycles. The molecule has 3 nitrogen and oxygen atoms in total. The number of nitrogens with zero attached hydrogens (tertiary/aromatic N) is 1. The van der Waals surface area contributed by atoms with Gasteiger partial charge in [0, 0.05) is 13.1 Å². The minimum Gasteiger partial charge on any atom is -0.462 e. The summed E-state index contributed by atoms with van der Waals surface area (Å²) >= 11 is 0. The minimum absolute atomic E-state index is 0.222. The fraction of sp³-hybridized carbons (Fsp3) is 0.381. The van der Waals surface area contributed by atoms with E-state index in [0.29, 0.717) is 6.02 Å². The molecule has 0 bridgehead atoms. The van der Waals surface area contributed by atoms with Gasteiger partial charge < -0.3 is 9.64 Å². The lowest BCUT2D eigenvalue weighted by molar-refractivity contribution is 0.108. The third kappa shape index (κ3) is 3.03. The Hall–Kier alpha value is -2.29. The Morgan fingerprint density at radius 1 is 0.833 bits per heavy atom. The molecule has 24 heavy (non-hydrogen) atoms. The second-order valence-corrected chi connectivity index (χ2v) is 6.85. The van der Waals surface area contributed by atoms with E-state index in [1.807, 2.05) is 0 Å². The molecule has 0 radical (unpaired) electrons. The highest BCUT2D eigenvalue weighted by atomic mass is 16.5. The monoisotopic (exact) mass is 320 g/mol. The summed E-state index contributed by atoms with van der Waals surface area (Å²) < 4.78 is 6.03. The molecule has 1 aliphatic carbocycles. The normalized spacial score (nSPS) is 17.6. The van der Waals surface area contributed by atoms with Crippen LogP contribution in [0.1, 0.15) is 43.2 Å². The van der Waals surface area contributed by atoms with Crippen molar-refractivity contribution < 1.29 is 4.74 Å². The molecule has 1 saturated carbocycles. The van der Waals surface area contributed by atoms with Crippen LogP contribution < -0.4 is 0 Å². The average molecular weight is 320 g/mol. The average Bonchev–Trinajstić information content (AvgIpc) is 2.79. The van der Waals surface area contributed by atoms with Crippen LogP contribution in [0.25, 0.3) is 11.1 Å². The molecule has 0 aromatic heterocycles. The number of hydrogen-bond donors (Lipinski definition) is 1. The van der Waals surface area contributed by atoms with Crippen molar-refractivity contribution in [2.75, 3.05) is 0 Å². The molecule has 0 spiro atoms. The zero-order chi connectivity index (χ0) is 16.4. The van der Waals surface area contributed by atoms with E-state index in [0.717, 1.165) is 25.9 Å². The topological polar surface area (TPSA) is 36.3 Å². The molecular weight excluding hydrogens is 296 g/mol. The van der Waals surface area contributed by atoms with E-state index in [1.54, 1.807) is 0 Å². The highest BCUT2D eigenvalue weighted by molar-refractivity contribution is 5.76. The summed E-state index contributed by atoms with van der Waals surface area (Å²) in [6, 6.07) is 17.4. The van der Waals surface area contributed by atoms with Crippen LogP contribution in [0.2, 0.25) is 0 Å². The van der Waals surface area contributed by atoms with Crippen LogP contribution in [-0.4, -0.2) is 17.0 Å². The number of ether oxygens (including phenoxy) is 1. The summed E-state index contributed by atoms with van der Waals surface area (Å²) in [5.41, 5.74) is 5.08. The van der Waals surface area contributed by atoms with E-state index < -0.39 is 0 Å². The van der Waals surface area contributed by atoms with Crippen molar-refractivity contribution in [3.63, 3.8) is 0 Å². The Morgan fingerprint density at radius 3 is 1.96 bits per heavy atom. The van der Waals surface area contributed by atoms with Crippen LogP contribution in [0.5, 0.6) is 0 Å². The molecular formula is C21H24N2O. The van der Waals surface area contributed by atoms with Gasteiger partial charge in [-0.3, -0.25) is 5.41 Å². The molecule has 1 N–H and O–H groups in total. The molecule has 0 amide bonds. The maximum absolute atomic E-state index is 8.50. The number of nitrogens with one attached hydrogen (secondary N) is 1. The summed E-state index contributed by atoms with van der Waals surface area (Å²) in [5, 5.41) is 8.50. The first-order valence-electron chi connectivity index (χ1n) is 8.97. The van der Waals surface area contributed by atoms with Gasteiger partial charge in [0.05, 0.1) is 0 Å². The lowest BCUT2D eigenvalue weighted by Crippen LogP contribution is -2.34. The van der Waals surface area contributed by atoms with Gasteiger partial charge in [-0.2, -0.15) is 0 Å². The van der Waals surface area contributed by atoms with Gasteiger partial charge in [-0.1, -0.05) is 55.0 Å². The van der Waals surface area contributed by atoms with Crippen molar-refractivity contribution in [1.82, 2.24) is 4.90 Å². The van der Waals surface area contributed by atoms with E-state index in [9.17, 15) is 0 Å². The smallest absolute Gasteiger partial charge is 0.285 e. The van der Waals surface area contributed by atoms with Gasteiger partial charge in [-0.15, -0.1) is 0 Å². The van der Waals surface area contributed by atoms with Gasteiger partial charge in [0.2, 0.25) is 0 Å². The summed E-state index contributed by atoms with van der Waals surface area (Å²) in [7, 11) is 0. The van der Waals surface area contributed by atoms with E-state index >= 15 is 0 Å². The van der Waals surface area contributed by atoms with Crippen molar-refractivity contribution >= 4 is 6.02 Å². The Labute approximate surface area is 143 Å². The Bertz CT molecular complexity index is 687. The largest absolute Gasteiger partial charge is 0.462 e. The quantitative estimate of drug-likeness (QED) is 0.596. The van der Waals surface area contributed by atoms with Crippen LogP contribution in [0.3, 0.4) is 0 Å². The Balaban J connectivity index is 1.61. The molecule has 2 aliphatic rings. The molecule has 4 rings (SSSR count). The number of rotatable bonds is 1. The molecule has 2 aromatic carbocycles. The maximum atomic E-state index is 8.50. The molecule has 2 aromatic rings. The van der Waals surface area contributed by atoms with E-state index in [4.69, 9.17) is 10.1 Å². The van der Waals surface area contributed by atoms with Crippen molar-refractivity contribution in [3.05, 3.63) is 59.7 Å². The third-order valence-corrected chi connectivity index (χ3v) is 5.17. The van der Waals surface area contributed by atoms with Gasteiger partial charge in [-0.25, -0.2) is 0 Å². The standard InChI is InChI=1S/C21H24N2O/c22-21(24-18-10-2-1-3-11-18)23-14-16-8-4-6-12-19(16)20-13-7-5-9-17(20)15-23/h4-9,12-13,18,22H,1-3,10-11,14-15H2. The SMILES string of the molecule is N=C(OC1CCCCC1)N1Cc2ccccc2-c2ccccc2C1. The number of hydrogen-bond acceptors (Lipinski definition) is 2. The number of amidine groups is 1. The Kier molecular flexibility index (Phi) is 4.24. The van der Waals surface area contributed by atoms with Gasteiger partial charge >= 0.3 is 0 Å². The summed E-state index contributed by atoms with van der Waals surface area (Å²) in [4.78, 5) is 2.07. The first-order valence-corrected chi connectivity index (χ1v) is 8.97. The van der Waals surface area contributed by atoms with Crippen LogP contribution in [0.4, 0.5) is 0 Å². The zero-order valence-corrected chi connectivity index (χ0v) is 14.0. The summed E-state index contributed by atoms with van der Waals surface area (Å²) in [6.07, 6.45) is 6.15. The molecule has 1 aliphatic heterocycles. The second kappa shape index (κ2) is 6.68. The van der Waals surface area contributed by atoms with Crippen molar-refractivity contribution in [2.24, 2.45) is 0 Å². The third-order valence-electron chi connectivity index (χ3n) is 5.17. The molecule has 0 saturated heterocycles. The first kappa shape index (κ1) is 15.3. The van der Waals surface area contributed by atoms with Gasteiger partial charge in [0.1, 0.15) is 6.10 Å². The maximum Gasteiger partial charge on any atom is 0.285 e. The van der Waals surface area contributed by atoms with Crippen LogP contribution >= 0.6 is 0 Å². The Morgan fingerprint density at radius 2 is 1.38 bits per heavy atom. The molecule has 124 valence electrons. The summed E-state index contributed by atoms with van der Waals surface area (Å²) in [6.45, 7) is 1.47. The highest BCUT2D eigenvalue weighted by Crippen LogP contribution is 2.32. The fourth-order valence-corrected chi connectivity index (χ4v) is 3.87. The summed E-state index contributed by atoms with van der Waals surface area (Å²) in [5.74, 6) is 0. The van der Waals surface area contributed by atoms with Crippen molar-refractivity contribution in [1.29, 1.82) is 5.41 Å². The predicted octanol–water partition coefficient (Wildman–Crippen LogP) is 4.95. The van der Waals surface area contributed by atoms with Gasteiger partial charge in [0.25, 0.3) is 6.02 Å². The van der Waals surface area contributed by atoms with Crippen molar-refractivity contribution in [3.8, 4) is 11.1 Å². The minimum atomic E-state index is 0.222. The van der Waals surface area contributed by atoms with E-state index in [1.165, 1.54) is 41.5 Å². The molecule has 3 heteroatoms. The zero-order valence-electron chi connectivity index (χ0n) is 14.0. The van der Waals surface area contributed by atoms with Gasteiger partial charge in [0.15, 0.2) is 0 Å². The second-order valence-electron chi connectivity index (χ2n) is 6.85. The molecule has 1 fully saturated rings. The highest BCUT2D eigenvalue weighted by Gasteiger charge is 2.24. The van der Waals surface area contributed by atoms with Crippen LogP contribution in [0, 0.1) is 5.41 Å². The lowest BCUT2D eigenvalue weighted by Gasteiger charge is -2.29. The van der Waals surface area contributed by atoms with Gasteiger partial charge in [-0.05, 0) is 47.9 Å². The van der Waals surface area contributed by atoms with Crippen molar-refractivity contribution in [2.45, 2.75) is 51.3 Å². The lowest BCUT2D eigenvalue weighted by atomic mass is 9.97. The van der Waals surface area contributed by atoms with Crippen LogP contribution in [-0.2, 0) is 17.8 Å². The fourth-order valence-electron chi connectivity index (χ4n) is 3.87. The van der Waals surface area contributed by atoms with E-state index in [-0.39, 0.29) is 6.10 Å². The molecule has 0 unspecified atom stereocenters. The number of fused-ring (bicyclic) bond motifs is 3. The van der Waals surface area contributed by atoms with Crippen LogP contribution in [0.15, 0.2) is 48.5 Å². The number of benzene rings is 2. The van der Waals surface area contributed by atoms with E-state index in [2.05, 4.69) is 53.4 Å².